The Bertz CT molecular complexity index is 560. The predicted octanol–water partition coefficient (Wildman–Crippen LogP) is 5.30. The van der Waals surface area contributed by atoms with Crippen molar-refractivity contribution in [3.63, 3.8) is 0 Å². The van der Waals surface area contributed by atoms with Gasteiger partial charge in [-0.15, -0.1) is 5.06 Å². The van der Waals surface area contributed by atoms with E-state index >= 15 is 0 Å². The topological polar surface area (TPSA) is 46.6 Å². The minimum absolute atomic E-state index is 0.349. The van der Waals surface area contributed by atoms with Crippen LogP contribution in [0.25, 0.3) is 0 Å². The van der Waals surface area contributed by atoms with Crippen molar-refractivity contribution in [2.75, 3.05) is 6.61 Å². The zero-order valence-electron chi connectivity index (χ0n) is 15.2. The number of nitrogens with zero attached hydrogens (tertiary/aromatic N) is 1. The van der Waals surface area contributed by atoms with Gasteiger partial charge in [0.2, 0.25) is 0 Å². The van der Waals surface area contributed by atoms with Crippen LogP contribution in [0.2, 0.25) is 0 Å². The molecule has 136 valence electrons. The highest BCUT2D eigenvalue weighted by Crippen LogP contribution is 2.22. The monoisotopic (exact) mass is 343 g/mol. The summed E-state index contributed by atoms with van der Waals surface area (Å²) in [5.74, 6) is -0.699. The van der Waals surface area contributed by atoms with Crippen LogP contribution >= 0.6 is 0 Å². The van der Waals surface area contributed by atoms with Crippen LogP contribution in [-0.4, -0.2) is 23.5 Å². The summed E-state index contributed by atoms with van der Waals surface area (Å²) in [6, 6.07) is 6.84. The summed E-state index contributed by atoms with van der Waals surface area (Å²) >= 11 is 0. The van der Waals surface area contributed by atoms with Gasteiger partial charge in [0.1, 0.15) is 0 Å². The average Bonchev–Trinajstić information content (AvgIpc) is 2.87. The second-order valence-electron chi connectivity index (χ2n) is 6.43. The van der Waals surface area contributed by atoms with Gasteiger partial charge in [-0.1, -0.05) is 63.3 Å². The maximum Gasteiger partial charge on any atom is 0.285 e. The summed E-state index contributed by atoms with van der Waals surface area (Å²) < 4.78 is 0. The van der Waals surface area contributed by atoms with Crippen LogP contribution < -0.4 is 0 Å². The lowest BCUT2D eigenvalue weighted by atomic mass is 10.1. The highest BCUT2D eigenvalue weighted by Gasteiger charge is 2.36. The number of amides is 2. The Kier molecular flexibility index (Phi) is 8.40. The van der Waals surface area contributed by atoms with Gasteiger partial charge >= 0.3 is 0 Å². The molecule has 0 N–H and O–H groups in total. The molecule has 0 saturated carbocycles. The van der Waals surface area contributed by atoms with Crippen molar-refractivity contribution in [2.24, 2.45) is 0 Å². The largest absolute Gasteiger partial charge is 0.285 e. The van der Waals surface area contributed by atoms with Gasteiger partial charge in [0.15, 0.2) is 0 Å². The van der Waals surface area contributed by atoms with Crippen molar-refractivity contribution >= 4 is 11.8 Å². The van der Waals surface area contributed by atoms with Gasteiger partial charge in [-0.25, -0.2) is 0 Å². The van der Waals surface area contributed by atoms with Gasteiger partial charge in [-0.2, -0.15) is 0 Å². The normalized spacial score (nSPS) is 13.9. The van der Waals surface area contributed by atoms with Crippen molar-refractivity contribution in [3.05, 3.63) is 47.5 Å². The molecule has 0 unspecified atom stereocenters. The standard InChI is InChI=1S/C21H29NO3/c1-2-3-4-5-6-7-8-9-10-11-14-17-25-22-20(23)18-15-12-13-16-19(18)21(22)24/h3-4,12-13,15-16H,2,5-11,14,17H2,1H3/b4-3-. The first-order valence-corrected chi connectivity index (χ1v) is 9.51. The van der Waals surface area contributed by atoms with E-state index in [1.807, 2.05) is 0 Å². The molecule has 0 bridgehead atoms. The zero-order valence-corrected chi connectivity index (χ0v) is 15.2. The molecule has 1 aliphatic rings. The van der Waals surface area contributed by atoms with Crippen LogP contribution in [0.5, 0.6) is 0 Å². The van der Waals surface area contributed by atoms with Crippen LogP contribution in [0.15, 0.2) is 36.4 Å². The molecule has 2 rings (SSSR count). The number of hydrogen-bond donors (Lipinski definition) is 0. The van der Waals surface area contributed by atoms with E-state index < -0.39 is 0 Å². The fourth-order valence-corrected chi connectivity index (χ4v) is 2.97. The SMILES string of the molecule is CC/C=C\CCCCCCCCCON1C(=O)c2ccccc2C1=O. The molecule has 0 aromatic heterocycles. The van der Waals surface area contributed by atoms with Gasteiger partial charge in [0.05, 0.1) is 17.7 Å². The first-order valence-electron chi connectivity index (χ1n) is 9.51. The van der Waals surface area contributed by atoms with Crippen LogP contribution in [0.3, 0.4) is 0 Å². The lowest BCUT2D eigenvalue weighted by Gasteiger charge is -2.13. The van der Waals surface area contributed by atoms with Gasteiger partial charge in [-0.3, -0.25) is 14.4 Å². The van der Waals surface area contributed by atoms with Gasteiger partial charge in [-0.05, 0) is 37.8 Å². The minimum Gasteiger partial charge on any atom is -0.266 e. The second kappa shape index (κ2) is 10.8. The second-order valence-corrected chi connectivity index (χ2v) is 6.43. The van der Waals surface area contributed by atoms with Crippen LogP contribution in [0.1, 0.15) is 85.4 Å². The molecule has 25 heavy (non-hydrogen) atoms. The molecule has 0 saturated heterocycles. The molecular weight excluding hydrogens is 314 g/mol. The fraction of sp³-hybridized carbons (Fsp3) is 0.524. The smallest absolute Gasteiger partial charge is 0.266 e. The van der Waals surface area contributed by atoms with Crippen molar-refractivity contribution < 1.29 is 14.4 Å². The number of fused-ring (bicyclic) bond motifs is 1. The van der Waals surface area contributed by atoms with E-state index in [-0.39, 0.29) is 11.8 Å². The summed E-state index contributed by atoms with van der Waals surface area (Å²) in [5, 5.41) is 0.911. The number of benzene rings is 1. The predicted molar refractivity (Wildman–Crippen MR) is 99.3 cm³/mol. The lowest BCUT2D eigenvalue weighted by Crippen LogP contribution is -2.30. The molecule has 0 radical (unpaired) electrons. The Morgan fingerprint density at radius 2 is 1.40 bits per heavy atom. The van der Waals surface area contributed by atoms with Crippen molar-refractivity contribution in [1.82, 2.24) is 5.06 Å². The third-order valence-corrected chi connectivity index (χ3v) is 4.39. The van der Waals surface area contributed by atoms with Crippen molar-refractivity contribution in [1.29, 1.82) is 0 Å². The van der Waals surface area contributed by atoms with Crippen LogP contribution in [0.4, 0.5) is 0 Å². The number of rotatable bonds is 12. The van der Waals surface area contributed by atoms with Gasteiger partial charge in [0, 0.05) is 0 Å². The highest BCUT2D eigenvalue weighted by atomic mass is 16.7. The Balaban J connectivity index is 1.51. The number of unbranched alkanes of at least 4 members (excludes halogenated alkanes) is 7. The molecule has 1 aliphatic heterocycles. The Hall–Kier alpha value is -1.94. The molecule has 0 atom stereocenters. The zero-order chi connectivity index (χ0) is 17.9. The van der Waals surface area contributed by atoms with E-state index in [0.717, 1.165) is 24.3 Å². The van der Waals surface area contributed by atoms with E-state index in [0.29, 0.717) is 17.7 Å². The van der Waals surface area contributed by atoms with Crippen molar-refractivity contribution in [3.8, 4) is 0 Å². The number of hydroxylamine groups is 2. The molecule has 1 heterocycles. The van der Waals surface area contributed by atoms with Crippen LogP contribution in [0, 0.1) is 0 Å². The Labute approximate surface area is 150 Å². The number of imide groups is 1. The molecule has 0 aliphatic carbocycles. The summed E-state index contributed by atoms with van der Waals surface area (Å²) in [6.45, 7) is 2.57. The molecule has 1 aromatic rings. The number of allylic oxidation sites excluding steroid dienone is 2. The third-order valence-electron chi connectivity index (χ3n) is 4.39. The summed E-state index contributed by atoms with van der Waals surface area (Å²) in [7, 11) is 0. The fourth-order valence-electron chi connectivity index (χ4n) is 2.97. The molecule has 0 spiro atoms. The minimum atomic E-state index is -0.349. The quantitative estimate of drug-likeness (QED) is 0.294. The Morgan fingerprint density at radius 1 is 0.840 bits per heavy atom. The van der Waals surface area contributed by atoms with Crippen molar-refractivity contribution in [2.45, 2.75) is 64.7 Å². The number of carbonyl (C=O) groups is 2. The maximum atomic E-state index is 12.1. The number of carbonyl (C=O) groups excluding carboxylic acids is 2. The average molecular weight is 343 g/mol. The van der Waals surface area contributed by atoms with E-state index in [9.17, 15) is 9.59 Å². The molecule has 0 fully saturated rings. The van der Waals surface area contributed by atoms with E-state index in [4.69, 9.17) is 4.84 Å². The van der Waals surface area contributed by atoms with E-state index in [1.165, 1.54) is 38.5 Å². The Morgan fingerprint density at radius 3 is 2.00 bits per heavy atom. The molecular formula is C21H29NO3. The molecule has 2 amide bonds. The first kappa shape index (κ1) is 19.4. The van der Waals surface area contributed by atoms with Crippen LogP contribution in [-0.2, 0) is 4.84 Å². The summed E-state index contributed by atoms with van der Waals surface area (Å²) in [6.07, 6.45) is 15.0. The maximum absolute atomic E-state index is 12.1. The number of hydrogen-bond acceptors (Lipinski definition) is 3. The summed E-state index contributed by atoms with van der Waals surface area (Å²) in [5.41, 5.74) is 0.863. The lowest BCUT2D eigenvalue weighted by molar-refractivity contribution is -0.0922. The third kappa shape index (κ3) is 5.82. The van der Waals surface area contributed by atoms with E-state index in [2.05, 4.69) is 19.1 Å². The van der Waals surface area contributed by atoms with Gasteiger partial charge in [0.25, 0.3) is 11.8 Å². The molecule has 4 nitrogen and oxygen atoms in total. The molecule has 4 heteroatoms. The first-order chi connectivity index (χ1) is 12.3. The summed E-state index contributed by atoms with van der Waals surface area (Å²) in [4.78, 5) is 29.6. The van der Waals surface area contributed by atoms with E-state index in [1.54, 1.807) is 24.3 Å². The van der Waals surface area contributed by atoms with Gasteiger partial charge < -0.3 is 0 Å². The molecule has 1 aromatic carbocycles. The highest BCUT2D eigenvalue weighted by molar-refractivity contribution is 6.20.